The maximum Gasteiger partial charge on any atom is 0.331 e. The third kappa shape index (κ3) is 5.96. The van der Waals surface area contributed by atoms with Crippen LogP contribution in [0.4, 0.5) is 5.69 Å². The lowest BCUT2D eigenvalue weighted by molar-refractivity contribution is -0.142. The van der Waals surface area contributed by atoms with Crippen molar-refractivity contribution in [1.82, 2.24) is 4.31 Å². The van der Waals surface area contributed by atoms with Gasteiger partial charge in [0.1, 0.15) is 22.2 Å². The molecule has 2 heterocycles. The van der Waals surface area contributed by atoms with E-state index >= 15 is 0 Å². The summed E-state index contributed by atoms with van der Waals surface area (Å²) in [6.07, 6.45) is 2.57. The van der Waals surface area contributed by atoms with Crippen LogP contribution in [-0.4, -0.2) is 64.6 Å². The molecule has 10 nitrogen and oxygen atoms in total. The fourth-order valence-corrected chi connectivity index (χ4v) is 4.55. The van der Waals surface area contributed by atoms with Gasteiger partial charge in [0.25, 0.3) is 5.91 Å². The number of rotatable bonds is 8. The smallest absolute Gasteiger partial charge is 0.331 e. The van der Waals surface area contributed by atoms with Gasteiger partial charge in [0.05, 0.1) is 20.3 Å². The number of carbonyl (C=O) groups is 2. The number of methoxy groups -OCH3 is 1. The van der Waals surface area contributed by atoms with Gasteiger partial charge < -0.3 is 23.9 Å². The van der Waals surface area contributed by atoms with E-state index in [1.807, 2.05) is 0 Å². The zero-order chi connectivity index (χ0) is 23.1. The van der Waals surface area contributed by atoms with Gasteiger partial charge in [0.2, 0.25) is 10.0 Å². The second-order valence-electron chi connectivity index (χ2n) is 6.82. The van der Waals surface area contributed by atoms with E-state index in [0.717, 1.165) is 6.08 Å². The maximum absolute atomic E-state index is 13.0. The van der Waals surface area contributed by atoms with Gasteiger partial charge in [-0.05, 0) is 43.3 Å². The van der Waals surface area contributed by atoms with Crippen LogP contribution in [0, 0.1) is 6.92 Å². The van der Waals surface area contributed by atoms with Gasteiger partial charge in [-0.2, -0.15) is 4.31 Å². The van der Waals surface area contributed by atoms with Crippen LogP contribution in [0.1, 0.15) is 11.5 Å². The lowest BCUT2D eigenvalue weighted by atomic mass is 10.3. The van der Waals surface area contributed by atoms with Crippen LogP contribution in [0.2, 0.25) is 0 Å². The molecule has 1 aliphatic heterocycles. The SMILES string of the molecule is COc1ccc(NC(=O)COC(=O)/C=C/c2ccc(C)o2)cc1S(=O)(=O)N1CCOCC1. The molecule has 0 aliphatic carbocycles. The predicted octanol–water partition coefficient (Wildman–Crippen LogP) is 1.81. The third-order valence-electron chi connectivity index (χ3n) is 4.53. The number of esters is 1. The molecule has 1 aromatic heterocycles. The standard InChI is InChI=1S/C21H24N2O8S/c1-15-3-5-17(31-15)6-8-21(25)30-14-20(24)22-16-4-7-18(28-2)19(13-16)32(26,27)23-9-11-29-12-10-23/h3-8,13H,9-12,14H2,1-2H3,(H,22,24)/b8-6+. The highest BCUT2D eigenvalue weighted by atomic mass is 32.2. The molecule has 1 amide bonds. The minimum Gasteiger partial charge on any atom is -0.495 e. The first-order valence-corrected chi connectivity index (χ1v) is 11.2. The molecule has 1 aromatic carbocycles. The molecule has 0 atom stereocenters. The van der Waals surface area contributed by atoms with Gasteiger partial charge >= 0.3 is 5.97 Å². The molecular weight excluding hydrogens is 440 g/mol. The predicted molar refractivity (Wildman–Crippen MR) is 115 cm³/mol. The van der Waals surface area contributed by atoms with Crippen LogP contribution in [0.5, 0.6) is 5.75 Å². The number of anilines is 1. The third-order valence-corrected chi connectivity index (χ3v) is 6.45. The molecule has 1 saturated heterocycles. The van der Waals surface area contributed by atoms with Gasteiger partial charge in [-0.1, -0.05) is 0 Å². The van der Waals surface area contributed by atoms with Crippen molar-refractivity contribution in [2.75, 3.05) is 45.3 Å². The van der Waals surface area contributed by atoms with Gasteiger partial charge in [0, 0.05) is 24.9 Å². The number of morpholine rings is 1. The van der Waals surface area contributed by atoms with E-state index in [0.29, 0.717) is 24.7 Å². The maximum atomic E-state index is 13.0. The molecule has 11 heteroatoms. The van der Waals surface area contributed by atoms with Crippen molar-refractivity contribution in [1.29, 1.82) is 0 Å². The monoisotopic (exact) mass is 464 g/mol. The Labute approximate surface area is 185 Å². The number of aryl methyl sites for hydroxylation is 1. The number of amides is 1. The normalized spacial score (nSPS) is 14.9. The molecule has 172 valence electrons. The van der Waals surface area contributed by atoms with Crippen LogP contribution in [0.25, 0.3) is 6.08 Å². The Kier molecular flexibility index (Phi) is 7.67. The van der Waals surface area contributed by atoms with Crippen molar-refractivity contribution in [3.8, 4) is 5.75 Å². The summed E-state index contributed by atoms with van der Waals surface area (Å²) >= 11 is 0. The molecule has 0 saturated carbocycles. The van der Waals surface area contributed by atoms with Crippen molar-refractivity contribution in [2.24, 2.45) is 0 Å². The van der Waals surface area contributed by atoms with Gasteiger partial charge in [-0.15, -0.1) is 0 Å². The first-order valence-electron chi connectivity index (χ1n) is 9.76. The lowest BCUT2D eigenvalue weighted by Crippen LogP contribution is -2.40. The summed E-state index contributed by atoms with van der Waals surface area (Å²) in [5.74, 6) is -0.0118. The average Bonchev–Trinajstić information content (AvgIpc) is 3.22. The Morgan fingerprint density at radius 2 is 1.94 bits per heavy atom. The Hall–Kier alpha value is -3.15. The molecule has 3 rings (SSSR count). The largest absolute Gasteiger partial charge is 0.495 e. The van der Waals surface area contributed by atoms with Crippen molar-refractivity contribution in [2.45, 2.75) is 11.8 Å². The van der Waals surface area contributed by atoms with Crippen molar-refractivity contribution >= 4 is 33.7 Å². The van der Waals surface area contributed by atoms with Gasteiger partial charge in [-0.25, -0.2) is 13.2 Å². The molecule has 0 unspecified atom stereocenters. The number of carbonyl (C=O) groups excluding carboxylic acids is 2. The lowest BCUT2D eigenvalue weighted by Gasteiger charge is -2.26. The minimum atomic E-state index is -3.85. The average molecular weight is 464 g/mol. The fourth-order valence-electron chi connectivity index (χ4n) is 2.96. The molecule has 1 aliphatic rings. The second kappa shape index (κ2) is 10.4. The number of nitrogens with zero attached hydrogens (tertiary/aromatic N) is 1. The summed E-state index contributed by atoms with van der Waals surface area (Å²) in [5, 5.41) is 2.52. The number of nitrogens with one attached hydrogen (secondary N) is 1. The number of furan rings is 1. The number of ether oxygens (including phenoxy) is 3. The summed E-state index contributed by atoms with van der Waals surface area (Å²) < 4.78 is 47.9. The van der Waals surface area contributed by atoms with Crippen LogP contribution in [-0.2, 0) is 29.1 Å². The Balaban J connectivity index is 1.62. The van der Waals surface area contributed by atoms with Crippen molar-refractivity contribution in [3.63, 3.8) is 0 Å². The summed E-state index contributed by atoms with van der Waals surface area (Å²) in [7, 11) is -2.48. The molecule has 0 radical (unpaired) electrons. The van der Waals surface area contributed by atoms with Crippen LogP contribution in [0.3, 0.4) is 0 Å². The Bertz CT molecular complexity index is 1100. The molecule has 32 heavy (non-hydrogen) atoms. The van der Waals surface area contributed by atoms with E-state index in [1.165, 1.54) is 35.7 Å². The number of benzene rings is 1. The molecule has 1 fully saturated rings. The van der Waals surface area contributed by atoms with E-state index in [2.05, 4.69) is 5.32 Å². The highest BCUT2D eigenvalue weighted by Crippen LogP contribution is 2.30. The topological polar surface area (TPSA) is 124 Å². The molecule has 2 aromatic rings. The quantitative estimate of drug-likeness (QED) is 0.463. The summed E-state index contributed by atoms with van der Waals surface area (Å²) in [5.41, 5.74) is 0.222. The fraction of sp³-hybridized carbons (Fsp3) is 0.333. The van der Waals surface area contributed by atoms with Gasteiger partial charge in [-0.3, -0.25) is 4.79 Å². The van der Waals surface area contributed by atoms with E-state index in [-0.39, 0.29) is 29.4 Å². The van der Waals surface area contributed by atoms with E-state index < -0.39 is 28.5 Å². The number of sulfonamides is 1. The van der Waals surface area contributed by atoms with Crippen LogP contribution in [0.15, 0.2) is 45.7 Å². The highest BCUT2D eigenvalue weighted by Gasteiger charge is 2.29. The Morgan fingerprint density at radius 1 is 1.19 bits per heavy atom. The van der Waals surface area contributed by atoms with Crippen LogP contribution < -0.4 is 10.1 Å². The highest BCUT2D eigenvalue weighted by molar-refractivity contribution is 7.89. The zero-order valence-corrected chi connectivity index (χ0v) is 18.5. The summed E-state index contributed by atoms with van der Waals surface area (Å²) in [6, 6.07) is 7.69. The summed E-state index contributed by atoms with van der Waals surface area (Å²) in [6.45, 7) is 2.29. The Morgan fingerprint density at radius 3 is 2.59 bits per heavy atom. The first-order chi connectivity index (χ1) is 15.3. The van der Waals surface area contributed by atoms with Gasteiger partial charge in [0.15, 0.2) is 6.61 Å². The molecule has 0 spiro atoms. The van der Waals surface area contributed by atoms with Crippen LogP contribution >= 0.6 is 0 Å². The number of hydrogen-bond acceptors (Lipinski definition) is 8. The molecular formula is C21H24N2O8S. The minimum absolute atomic E-state index is 0.0756. The second-order valence-corrected chi connectivity index (χ2v) is 8.73. The van der Waals surface area contributed by atoms with E-state index in [1.54, 1.807) is 19.1 Å². The van der Waals surface area contributed by atoms with Crippen molar-refractivity contribution in [3.05, 3.63) is 47.9 Å². The summed E-state index contributed by atoms with van der Waals surface area (Å²) in [4.78, 5) is 23.9. The first kappa shape index (κ1) is 23.5. The zero-order valence-electron chi connectivity index (χ0n) is 17.7. The molecule has 1 N–H and O–H groups in total. The van der Waals surface area contributed by atoms with Crippen molar-refractivity contribution < 1.29 is 36.6 Å². The number of hydrogen-bond donors (Lipinski definition) is 1. The van der Waals surface area contributed by atoms with E-state index in [9.17, 15) is 18.0 Å². The molecule has 0 bridgehead atoms. The van der Waals surface area contributed by atoms with E-state index in [4.69, 9.17) is 18.6 Å².